The Labute approximate surface area is 246 Å². The number of fused-ring (bicyclic) bond motifs is 1. The van der Waals surface area contributed by atoms with Gasteiger partial charge in [0.15, 0.2) is 22.9 Å². The van der Waals surface area contributed by atoms with E-state index >= 15 is 0 Å². The normalized spacial score (nSPS) is 17.2. The lowest BCUT2D eigenvalue weighted by Gasteiger charge is -2.27. The van der Waals surface area contributed by atoms with Crippen LogP contribution in [0.25, 0.3) is 10.2 Å². The maximum Gasteiger partial charge on any atom is 0.573 e. The number of thiazole rings is 1. The smallest absolute Gasteiger partial charge is 0.429 e. The summed E-state index contributed by atoms with van der Waals surface area (Å²) < 4.78 is 143. The predicted octanol–water partition coefficient (Wildman–Crippen LogP) is 8.13. The fourth-order valence-corrected chi connectivity index (χ4v) is 4.91. The Balaban J connectivity index is 1.34. The summed E-state index contributed by atoms with van der Waals surface area (Å²) in [6.07, 6.45) is -9.18. The molecule has 0 saturated carbocycles. The van der Waals surface area contributed by atoms with Crippen molar-refractivity contribution in [2.24, 2.45) is 5.92 Å². The molecule has 3 aromatic carbocycles. The maximum absolute atomic E-state index is 14.7. The zero-order chi connectivity index (χ0) is 31.8. The maximum atomic E-state index is 14.7. The van der Waals surface area contributed by atoms with Crippen molar-refractivity contribution < 1.29 is 58.5 Å². The molecule has 0 aliphatic carbocycles. The number of ether oxygens (including phenoxy) is 4. The Hall–Kier alpha value is -4.26. The highest BCUT2D eigenvalue weighted by Crippen LogP contribution is 2.38. The number of benzene rings is 3. The fraction of sp³-hybridized carbons (Fsp3) is 0.207. The summed E-state index contributed by atoms with van der Waals surface area (Å²) in [6, 6.07) is 6.08. The zero-order valence-electron chi connectivity index (χ0n) is 21.8. The Kier molecular flexibility index (Phi) is 8.52. The molecule has 1 aliphatic heterocycles. The number of alkyl halides is 5. The second-order valence-corrected chi connectivity index (χ2v) is 10.2. The Morgan fingerprint density at radius 3 is 2.09 bits per heavy atom. The lowest BCUT2D eigenvalue weighted by atomic mass is 10.1. The van der Waals surface area contributed by atoms with Gasteiger partial charge in [0.1, 0.15) is 22.9 Å². The van der Waals surface area contributed by atoms with Crippen LogP contribution < -0.4 is 9.47 Å². The quantitative estimate of drug-likeness (QED) is 0.121. The topological polar surface area (TPSA) is 49.8 Å². The first-order valence-corrected chi connectivity index (χ1v) is 13.1. The van der Waals surface area contributed by atoms with Gasteiger partial charge < -0.3 is 18.9 Å². The molecule has 230 valence electrons. The summed E-state index contributed by atoms with van der Waals surface area (Å²) in [4.78, 5) is 4.32. The van der Waals surface area contributed by atoms with E-state index in [1.54, 1.807) is 24.3 Å². The van der Waals surface area contributed by atoms with Crippen LogP contribution in [0.4, 0.5) is 39.5 Å². The standard InChI is InChI=1S/C29H16F9NO4S/c1-2-14-12-40-27(41-13-14)16-4-5-22-23(9-16)44-24(39-22)6-3-15-7-18(30)25(19(31)8-15)28(34,35)42-17-10-20(32)26(21(33)11-17)43-29(36,37)38/h2,4-5,7-11,14,27H,1,12-13H2. The van der Waals surface area contributed by atoms with Crippen LogP contribution in [-0.4, -0.2) is 24.6 Å². The SMILES string of the molecule is C=CC1COC(c2ccc3nc(C#Cc4cc(F)c(C(F)(F)Oc5cc(F)c(OC(F)(F)F)c(F)c5)c(F)c4)sc3c2)OC1. The second kappa shape index (κ2) is 12.0. The Bertz CT molecular complexity index is 1740. The molecule has 4 aromatic rings. The number of hydrogen-bond acceptors (Lipinski definition) is 6. The van der Waals surface area contributed by atoms with E-state index in [-0.39, 0.29) is 28.6 Å². The average molecular weight is 645 g/mol. The van der Waals surface area contributed by atoms with Gasteiger partial charge in [0, 0.05) is 29.2 Å². The number of nitrogens with zero attached hydrogens (tertiary/aromatic N) is 1. The van der Waals surface area contributed by atoms with Crippen LogP contribution in [0.5, 0.6) is 11.5 Å². The van der Waals surface area contributed by atoms with Gasteiger partial charge in [0.25, 0.3) is 0 Å². The van der Waals surface area contributed by atoms with Gasteiger partial charge in [-0.3, -0.25) is 0 Å². The van der Waals surface area contributed by atoms with Crippen LogP contribution in [0.3, 0.4) is 0 Å². The molecule has 1 aliphatic rings. The van der Waals surface area contributed by atoms with E-state index in [0.29, 0.717) is 35.6 Å². The van der Waals surface area contributed by atoms with Crippen molar-refractivity contribution in [1.29, 1.82) is 0 Å². The van der Waals surface area contributed by atoms with E-state index < -0.39 is 59.1 Å². The molecule has 1 aromatic heterocycles. The minimum absolute atomic E-state index is 0.0674. The molecule has 44 heavy (non-hydrogen) atoms. The third-order valence-electron chi connectivity index (χ3n) is 6.02. The van der Waals surface area contributed by atoms with E-state index in [1.165, 1.54) is 0 Å². The van der Waals surface area contributed by atoms with Crippen molar-refractivity contribution in [1.82, 2.24) is 4.98 Å². The summed E-state index contributed by atoms with van der Waals surface area (Å²) in [5, 5.41) is 0.245. The highest BCUT2D eigenvalue weighted by molar-refractivity contribution is 7.19. The monoisotopic (exact) mass is 645 g/mol. The van der Waals surface area contributed by atoms with Crippen molar-refractivity contribution in [2.45, 2.75) is 18.8 Å². The molecule has 1 saturated heterocycles. The van der Waals surface area contributed by atoms with Crippen LogP contribution in [0.15, 0.2) is 55.1 Å². The first-order valence-electron chi connectivity index (χ1n) is 12.3. The van der Waals surface area contributed by atoms with Gasteiger partial charge in [-0.1, -0.05) is 18.1 Å². The number of hydrogen-bond donors (Lipinski definition) is 0. The largest absolute Gasteiger partial charge is 0.573 e. The Morgan fingerprint density at radius 1 is 0.864 bits per heavy atom. The third kappa shape index (κ3) is 6.93. The molecule has 2 heterocycles. The van der Waals surface area contributed by atoms with E-state index in [2.05, 4.69) is 32.9 Å². The van der Waals surface area contributed by atoms with E-state index in [1.807, 2.05) is 0 Å². The lowest BCUT2D eigenvalue weighted by Crippen LogP contribution is -2.25. The van der Waals surface area contributed by atoms with Crippen LogP contribution in [0.1, 0.15) is 28.0 Å². The molecule has 0 radical (unpaired) electrons. The summed E-state index contributed by atoms with van der Waals surface area (Å²) in [5.41, 5.74) is -0.982. The Morgan fingerprint density at radius 2 is 1.50 bits per heavy atom. The van der Waals surface area contributed by atoms with Crippen LogP contribution in [0, 0.1) is 41.0 Å². The summed E-state index contributed by atoms with van der Waals surface area (Å²) in [7, 11) is 0. The summed E-state index contributed by atoms with van der Waals surface area (Å²) in [6.45, 7) is 4.60. The van der Waals surface area contributed by atoms with E-state index in [0.717, 1.165) is 16.9 Å². The highest BCUT2D eigenvalue weighted by atomic mass is 32.1. The molecule has 15 heteroatoms. The average Bonchev–Trinajstić information content (AvgIpc) is 3.35. The van der Waals surface area contributed by atoms with Crippen molar-refractivity contribution >= 4 is 21.6 Å². The van der Waals surface area contributed by atoms with Gasteiger partial charge in [-0.2, -0.15) is 8.78 Å². The van der Waals surface area contributed by atoms with E-state index in [9.17, 15) is 39.5 Å². The number of rotatable bonds is 6. The minimum Gasteiger partial charge on any atom is -0.429 e. The van der Waals surface area contributed by atoms with Crippen molar-refractivity contribution in [3.63, 3.8) is 0 Å². The van der Waals surface area contributed by atoms with Crippen molar-refractivity contribution in [3.05, 3.63) is 100 Å². The summed E-state index contributed by atoms with van der Waals surface area (Å²) >= 11 is 1.15. The minimum atomic E-state index is -5.49. The van der Waals surface area contributed by atoms with Gasteiger partial charge in [-0.05, 0) is 30.2 Å². The molecule has 0 bridgehead atoms. The van der Waals surface area contributed by atoms with E-state index in [4.69, 9.17) is 9.47 Å². The van der Waals surface area contributed by atoms with Gasteiger partial charge in [0.2, 0.25) is 5.75 Å². The number of halogens is 9. The molecule has 0 unspecified atom stereocenters. The molecular weight excluding hydrogens is 629 g/mol. The van der Waals surface area contributed by atoms with Gasteiger partial charge in [-0.25, -0.2) is 22.5 Å². The molecule has 5 rings (SSSR count). The fourth-order valence-electron chi connectivity index (χ4n) is 4.04. The van der Waals surface area contributed by atoms with Gasteiger partial charge >= 0.3 is 12.5 Å². The van der Waals surface area contributed by atoms with Crippen LogP contribution >= 0.6 is 11.3 Å². The predicted molar refractivity (Wildman–Crippen MR) is 138 cm³/mol. The molecule has 1 fully saturated rings. The van der Waals surface area contributed by atoms with Crippen LogP contribution in [-0.2, 0) is 15.6 Å². The van der Waals surface area contributed by atoms with Gasteiger partial charge in [-0.15, -0.1) is 31.1 Å². The molecule has 0 N–H and O–H groups in total. The molecule has 5 nitrogen and oxygen atoms in total. The molecule has 0 atom stereocenters. The highest BCUT2D eigenvalue weighted by Gasteiger charge is 2.42. The van der Waals surface area contributed by atoms with Crippen LogP contribution in [0.2, 0.25) is 0 Å². The second-order valence-electron chi connectivity index (χ2n) is 9.19. The number of aromatic nitrogens is 1. The van der Waals surface area contributed by atoms with Crippen molar-refractivity contribution in [3.8, 4) is 23.3 Å². The first-order chi connectivity index (χ1) is 20.7. The van der Waals surface area contributed by atoms with Crippen molar-refractivity contribution in [2.75, 3.05) is 13.2 Å². The zero-order valence-corrected chi connectivity index (χ0v) is 22.6. The molecule has 0 amide bonds. The first kappa shape index (κ1) is 31.2. The molecular formula is C29H16F9NO4S. The third-order valence-corrected chi connectivity index (χ3v) is 6.96. The van der Waals surface area contributed by atoms with Gasteiger partial charge in [0.05, 0.1) is 23.4 Å². The molecule has 0 spiro atoms. The lowest BCUT2D eigenvalue weighted by molar-refractivity contribution is -0.276. The summed E-state index contributed by atoms with van der Waals surface area (Å²) in [5.74, 6) is -5.94.